The van der Waals surface area contributed by atoms with Crippen LogP contribution in [0.3, 0.4) is 0 Å². The fourth-order valence-corrected chi connectivity index (χ4v) is 4.32. The average Bonchev–Trinajstić information content (AvgIpc) is 2.72. The third-order valence-electron chi connectivity index (χ3n) is 5.95. The van der Waals surface area contributed by atoms with Crippen LogP contribution in [0.4, 0.5) is 5.69 Å². The second-order valence-electron chi connectivity index (χ2n) is 8.82. The number of carbonyl (C=O) groups is 2. The standard InChI is InChI=1S/C23H27N3O4/c1-23(2)13-19-17(20(27)14-23)12-18(21(28)24-19)22(29)26-10-8-25(9-11-26)15-4-6-16(30-3)7-5-15/h4-7,12H,8-11,13-14H2,1-3H3,(H,24,28). The van der Waals surface area contributed by atoms with Crippen molar-refractivity contribution in [2.24, 2.45) is 5.41 Å². The molecule has 0 unspecified atom stereocenters. The highest BCUT2D eigenvalue weighted by Gasteiger charge is 2.33. The summed E-state index contributed by atoms with van der Waals surface area (Å²) in [6.07, 6.45) is 1.04. The number of Topliss-reactive ketones (excluding diaryl/α,β-unsaturated/α-hetero) is 1. The number of ether oxygens (including phenoxy) is 1. The van der Waals surface area contributed by atoms with E-state index in [0.717, 1.165) is 11.4 Å². The fourth-order valence-electron chi connectivity index (χ4n) is 4.32. The van der Waals surface area contributed by atoms with E-state index in [9.17, 15) is 14.4 Å². The first-order valence-corrected chi connectivity index (χ1v) is 10.2. The Morgan fingerprint density at radius 3 is 2.33 bits per heavy atom. The first-order valence-electron chi connectivity index (χ1n) is 10.2. The van der Waals surface area contributed by atoms with Crippen molar-refractivity contribution in [2.45, 2.75) is 26.7 Å². The van der Waals surface area contributed by atoms with E-state index in [1.807, 2.05) is 38.1 Å². The van der Waals surface area contributed by atoms with Gasteiger partial charge in [-0.3, -0.25) is 14.4 Å². The van der Waals surface area contributed by atoms with Crippen LogP contribution in [0.15, 0.2) is 35.1 Å². The Hall–Kier alpha value is -3.09. The molecular weight excluding hydrogens is 382 g/mol. The molecule has 7 heteroatoms. The molecule has 1 aromatic heterocycles. The van der Waals surface area contributed by atoms with Crippen LogP contribution >= 0.6 is 0 Å². The van der Waals surface area contributed by atoms with Crippen molar-refractivity contribution < 1.29 is 14.3 Å². The Morgan fingerprint density at radius 2 is 1.70 bits per heavy atom. The maximum atomic E-state index is 13.0. The molecule has 0 bridgehead atoms. The number of ketones is 1. The lowest BCUT2D eigenvalue weighted by Crippen LogP contribution is -2.49. The molecule has 7 nitrogen and oxygen atoms in total. The van der Waals surface area contributed by atoms with Crippen molar-refractivity contribution in [3.05, 3.63) is 57.5 Å². The summed E-state index contributed by atoms with van der Waals surface area (Å²) >= 11 is 0. The van der Waals surface area contributed by atoms with Gasteiger partial charge in [-0.25, -0.2) is 0 Å². The summed E-state index contributed by atoms with van der Waals surface area (Å²) in [7, 11) is 1.64. The Morgan fingerprint density at radius 1 is 1.03 bits per heavy atom. The molecule has 1 aliphatic heterocycles. The summed E-state index contributed by atoms with van der Waals surface area (Å²) in [5, 5.41) is 0. The van der Waals surface area contributed by atoms with Crippen LogP contribution in [-0.4, -0.2) is 54.9 Å². The van der Waals surface area contributed by atoms with Gasteiger partial charge in [-0.05, 0) is 42.2 Å². The van der Waals surface area contributed by atoms with Gasteiger partial charge >= 0.3 is 0 Å². The molecule has 0 saturated carbocycles. The number of anilines is 1. The topological polar surface area (TPSA) is 82.7 Å². The Kier molecular flexibility index (Phi) is 5.13. The molecule has 2 aliphatic rings. The van der Waals surface area contributed by atoms with Gasteiger partial charge in [0.15, 0.2) is 5.78 Å². The third kappa shape index (κ3) is 3.84. The summed E-state index contributed by atoms with van der Waals surface area (Å²) in [5.74, 6) is 0.471. The van der Waals surface area contributed by atoms with Crippen LogP contribution in [0.1, 0.15) is 46.7 Å². The summed E-state index contributed by atoms with van der Waals surface area (Å²) in [4.78, 5) is 44.9. The van der Waals surface area contributed by atoms with Crippen LogP contribution in [-0.2, 0) is 6.42 Å². The fraction of sp³-hybridized carbons (Fsp3) is 0.435. The van der Waals surface area contributed by atoms with E-state index in [-0.39, 0.29) is 22.7 Å². The second-order valence-corrected chi connectivity index (χ2v) is 8.82. The van der Waals surface area contributed by atoms with Crippen molar-refractivity contribution >= 4 is 17.4 Å². The zero-order chi connectivity index (χ0) is 21.5. The lowest BCUT2D eigenvalue weighted by Gasteiger charge is -2.36. The van der Waals surface area contributed by atoms with Crippen LogP contribution in [0, 0.1) is 5.41 Å². The number of hydrogen-bond acceptors (Lipinski definition) is 5. The molecule has 0 atom stereocenters. The summed E-state index contributed by atoms with van der Waals surface area (Å²) in [6.45, 7) is 6.40. The number of methoxy groups -OCH3 is 1. The van der Waals surface area contributed by atoms with E-state index in [1.165, 1.54) is 6.07 Å². The Bertz CT molecular complexity index is 1030. The number of carbonyl (C=O) groups excluding carboxylic acids is 2. The molecule has 1 saturated heterocycles. The van der Waals surface area contributed by atoms with E-state index in [2.05, 4.69) is 9.88 Å². The maximum absolute atomic E-state index is 13.0. The van der Waals surface area contributed by atoms with Gasteiger partial charge in [0.2, 0.25) is 0 Å². The number of hydrogen-bond donors (Lipinski definition) is 1. The number of fused-ring (bicyclic) bond motifs is 1. The molecular formula is C23H27N3O4. The number of H-pyrrole nitrogens is 1. The van der Waals surface area contributed by atoms with Crippen LogP contribution < -0.4 is 15.2 Å². The highest BCUT2D eigenvalue weighted by atomic mass is 16.5. The molecule has 1 N–H and O–H groups in total. The second kappa shape index (κ2) is 7.63. The number of piperazine rings is 1. The molecule has 1 aromatic carbocycles. The number of rotatable bonds is 3. The molecule has 2 aromatic rings. The number of aromatic nitrogens is 1. The van der Waals surface area contributed by atoms with Crippen molar-refractivity contribution in [1.29, 1.82) is 0 Å². The van der Waals surface area contributed by atoms with Crippen molar-refractivity contribution in [3.8, 4) is 5.75 Å². The van der Waals surface area contributed by atoms with Crippen LogP contribution in [0.5, 0.6) is 5.75 Å². The number of pyridine rings is 1. The summed E-state index contributed by atoms with van der Waals surface area (Å²) in [5.41, 5.74) is 1.65. The van der Waals surface area contributed by atoms with E-state index >= 15 is 0 Å². The largest absolute Gasteiger partial charge is 0.497 e. The van der Waals surface area contributed by atoms with Gasteiger partial charge in [0.05, 0.1) is 7.11 Å². The minimum atomic E-state index is -0.415. The van der Waals surface area contributed by atoms with Gasteiger partial charge in [0.25, 0.3) is 11.5 Å². The molecule has 1 aliphatic carbocycles. The molecule has 158 valence electrons. The molecule has 2 heterocycles. The van der Waals surface area contributed by atoms with E-state index in [4.69, 9.17) is 4.74 Å². The SMILES string of the molecule is COc1ccc(N2CCN(C(=O)c3cc4c([nH]c3=O)CC(C)(C)CC4=O)CC2)cc1. The Balaban J connectivity index is 1.49. The van der Waals surface area contributed by atoms with Crippen molar-refractivity contribution in [1.82, 2.24) is 9.88 Å². The van der Waals surface area contributed by atoms with Gasteiger partial charge < -0.3 is 19.5 Å². The molecule has 30 heavy (non-hydrogen) atoms. The highest BCUT2D eigenvalue weighted by Crippen LogP contribution is 2.33. The predicted molar refractivity (Wildman–Crippen MR) is 115 cm³/mol. The van der Waals surface area contributed by atoms with Gasteiger partial charge in [-0.1, -0.05) is 13.8 Å². The van der Waals surface area contributed by atoms with Crippen molar-refractivity contribution in [3.63, 3.8) is 0 Å². The Labute approximate surface area is 175 Å². The van der Waals surface area contributed by atoms with E-state index in [0.29, 0.717) is 50.3 Å². The van der Waals surface area contributed by atoms with Crippen molar-refractivity contribution in [2.75, 3.05) is 38.2 Å². The lowest BCUT2D eigenvalue weighted by atomic mass is 9.75. The van der Waals surface area contributed by atoms with E-state index in [1.54, 1.807) is 12.0 Å². The zero-order valence-corrected chi connectivity index (χ0v) is 17.7. The first kappa shape index (κ1) is 20.2. The summed E-state index contributed by atoms with van der Waals surface area (Å²) in [6, 6.07) is 9.33. The molecule has 4 rings (SSSR count). The number of amides is 1. The normalized spacial score (nSPS) is 18.2. The zero-order valence-electron chi connectivity index (χ0n) is 17.7. The first-order chi connectivity index (χ1) is 14.3. The quantitative estimate of drug-likeness (QED) is 0.842. The highest BCUT2D eigenvalue weighted by molar-refractivity contribution is 6.02. The maximum Gasteiger partial charge on any atom is 0.261 e. The number of nitrogens with one attached hydrogen (secondary N) is 1. The number of benzene rings is 1. The molecule has 0 spiro atoms. The van der Waals surface area contributed by atoms with Gasteiger partial charge in [0.1, 0.15) is 11.3 Å². The van der Waals surface area contributed by atoms with Gasteiger partial charge in [-0.15, -0.1) is 0 Å². The molecule has 1 fully saturated rings. The van der Waals surface area contributed by atoms with Crippen LogP contribution in [0.2, 0.25) is 0 Å². The minimum absolute atomic E-state index is 0.0177. The molecule has 1 amide bonds. The third-order valence-corrected chi connectivity index (χ3v) is 5.95. The predicted octanol–water partition coefficient (Wildman–Crippen LogP) is 2.50. The van der Waals surface area contributed by atoms with Gasteiger partial charge in [0, 0.05) is 49.5 Å². The number of nitrogens with zero attached hydrogens (tertiary/aromatic N) is 2. The number of aromatic amines is 1. The average molecular weight is 409 g/mol. The monoisotopic (exact) mass is 409 g/mol. The summed E-state index contributed by atoms with van der Waals surface area (Å²) < 4.78 is 5.20. The minimum Gasteiger partial charge on any atom is -0.497 e. The molecule has 0 radical (unpaired) electrons. The van der Waals surface area contributed by atoms with Gasteiger partial charge in [-0.2, -0.15) is 0 Å². The van der Waals surface area contributed by atoms with E-state index < -0.39 is 5.56 Å². The smallest absolute Gasteiger partial charge is 0.261 e. The lowest BCUT2D eigenvalue weighted by molar-refractivity contribution is 0.0745. The van der Waals surface area contributed by atoms with Crippen LogP contribution in [0.25, 0.3) is 0 Å².